The quantitative estimate of drug-likeness (QED) is 0.225. The maximum atomic E-state index is 12.6. The number of methoxy groups -OCH3 is 1. The number of benzene rings is 2. The summed E-state index contributed by atoms with van der Waals surface area (Å²) >= 11 is 3.22. The van der Waals surface area contributed by atoms with Gasteiger partial charge in [0, 0.05) is 23.8 Å². The Morgan fingerprint density at radius 2 is 1.84 bits per heavy atom. The summed E-state index contributed by atoms with van der Waals surface area (Å²) in [7, 11) is 1.59. The highest BCUT2D eigenvalue weighted by molar-refractivity contribution is 14.1. The monoisotopic (exact) mass is 553 g/mol. The van der Waals surface area contributed by atoms with E-state index in [4.69, 9.17) is 14.2 Å². The number of ether oxygens (including phenoxy) is 3. The molecule has 2 aromatic rings. The predicted octanol–water partition coefficient (Wildman–Crippen LogP) is 5.34. The molecular formula is C23H24INO5S. The molecule has 3 rings (SSSR count). The van der Waals surface area contributed by atoms with Crippen molar-refractivity contribution in [3.63, 3.8) is 0 Å². The zero-order valence-corrected chi connectivity index (χ0v) is 20.4. The molecule has 0 bridgehead atoms. The molecule has 1 fully saturated rings. The van der Waals surface area contributed by atoms with E-state index < -0.39 is 0 Å². The predicted molar refractivity (Wildman–Crippen MR) is 130 cm³/mol. The highest BCUT2D eigenvalue weighted by Gasteiger charge is 2.34. The number of carbonyl (C=O) groups is 2. The van der Waals surface area contributed by atoms with Crippen LogP contribution in [0.4, 0.5) is 4.79 Å². The van der Waals surface area contributed by atoms with Crippen molar-refractivity contribution in [1.29, 1.82) is 0 Å². The highest BCUT2D eigenvalue weighted by atomic mass is 127. The molecule has 1 aliphatic heterocycles. The fourth-order valence-electron chi connectivity index (χ4n) is 2.95. The van der Waals surface area contributed by atoms with Crippen molar-refractivity contribution < 1.29 is 23.8 Å². The summed E-state index contributed by atoms with van der Waals surface area (Å²) in [4.78, 5) is 26.4. The van der Waals surface area contributed by atoms with E-state index in [0.717, 1.165) is 22.9 Å². The minimum Gasteiger partial charge on any atom is -0.490 e. The lowest BCUT2D eigenvalue weighted by molar-refractivity contribution is -0.122. The molecule has 2 aromatic carbocycles. The fraction of sp³-hybridized carbons (Fsp3) is 0.304. The van der Waals surface area contributed by atoms with Gasteiger partial charge < -0.3 is 14.2 Å². The normalized spacial score (nSPS) is 15.1. The summed E-state index contributed by atoms with van der Waals surface area (Å²) in [5.41, 5.74) is 1.83. The summed E-state index contributed by atoms with van der Waals surface area (Å²) in [6.07, 6.45) is 2.33. The third-order valence-electron chi connectivity index (χ3n) is 4.48. The van der Waals surface area contributed by atoms with Gasteiger partial charge in [0.2, 0.25) is 0 Å². The zero-order chi connectivity index (χ0) is 22.2. The van der Waals surface area contributed by atoms with Crippen molar-refractivity contribution in [3.05, 3.63) is 62.1 Å². The van der Waals surface area contributed by atoms with Gasteiger partial charge in [-0.05, 0) is 89.2 Å². The Kier molecular flexibility index (Phi) is 8.79. The molecule has 8 heteroatoms. The summed E-state index contributed by atoms with van der Waals surface area (Å²) in [6.45, 7) is 3.67. The van der Waals surface area contributed by atoms with E-state index in [0.29, 0.717) is 49.2 Å². The second-order valence-electron chi connectivity index (χ2n) is 6.73. The van der Waals surface area contributed by atoms with E-state index in [2.05, 4.69) is 22.6 Å². The molecule has 0 radical (unpaired) electrons. The van der Waals surface area contributed by atoms with E-state index in [1.165, 1.54) is 8.47 Å². The van der Waals surface area contributed by atoms with Crippen LogP contribution in [0.3, 0.4) is 0 Å². The minimum atomic E-state index is -0.275. The molecular weight excluding hydrogens is 529 g/mol. The number of hydrogen-bond donors (Lipinski definition) is 0. The number of thioether (sulfide) groups is 1. The first-order chi connectivity index (χ1) is 15.0. The lowest BCUT2D eigenvalue weighted by Crippen LogP contribution is -2.29. The smallest absolute Gasteiger partial charge is 0.293 e. The Labute approximate surface area is 200 Å². The first kappa shape index (κ1) is 23.6. The van der Waals surface area contributed by atoms with Crippen molar-refractivity contribution in [1.82, 2.24) is 4.90 Å². The fourth-order valence-corrected chi connectivity index (χ4v) is 4.18. The van der Waals surface area contributed by atoms with E-state index >= 15 is 0 Å². The molecule has 0 atom stereocenters. The molecule has 2 amide bonds. The molecule has 0 spiro atoms. The third-order valence-corrected chi connectivity index (χ3v) is 6.10. The van der Waals surface area contributed by atoms with Gasteiger partial charge in [-0.15, -0.1) is 0 Å². The van der Waals surface area contributed by atoms with Crippen molar-refractivity contribution >= 4 is 51.6 Å². The van der Waals surface area contributed by atoms with Crippen LogP contribution in [0.5, 0.6) is 11.5 Å². The van der Waals surface area contributed by atoms with Gasteiger partial charge in [-0.25, -0.2) is 0 Å². The lowest BCUT2D eigenvalue weighted by Gasteiger charge is -2.13. The van der Waals surface area contributed by atoms with E-state index in [-0.39, 0.29) is 11.1 Å². The second-order valence-corrected chi connectivity index (χ2v) is 8.97. The Morgan fingerprint density at radius 1 is 1.06 bits per heavy atom. The number of imide groups is 1. The zero-order valence-electron chi connectivity index (χ0n) is 17.4. The number of rotatable bonds is 10. The number of amides is 2. The van der Waals surface area contributed by atoms with Crippen molar-refractivity contribution in [2.45, 2.75) is 20.0 Å². The average Bonchev–Trinajstić information content (AvgIpc) is 3.02. The summed E-state index contributed by atoms with van der Waals surface area (Å²) in [5, 5.41) is -0.255. The Balaban J connectivity index is 1.73. The van der Waals surface area contributed by atoms with E-state index in [1.54, 1.807) is 13.2 Å². The van der Waals surface area contributed by atoms with Gasteiger partial charge in [-0.1, -0.05) is 18.2 Å². The Hall–Kier alpha value is -2.04. The molecule has 164 valence electrons. The van der Waals surface area contributed by atoms with Crippen molar-refractivity contribution in [2.24, 2.45) is 0 Å². The molecule has 0 unspecified atom stereocenters. The largest absolute Gasteiger partial charge is 0.490 e. The van der Waals surface area contributed by atoms with Gasteiger partial charge in [0.25, 0.3) is 11.1 Å². The van der Waals surface area contributed by atoms with Crippen LogP contribution in [0.15, 0.2) is 47.4 Å². The number of carbonyl (C=O) groups excluding carboxylic acids is 2. The van der Waals surface area contributed by atoms with Gasteiger partial charge in [0.05, 0.1) is 11.5 Å². The van der Waals surface area contributed by atoms with Crippen LogP contribution in [-0.4, -0.2) is 42.9 Å². The van der Waals surface area contributed by atoms with Crippen molar-refractivity contribution in [2.75, 3.05) is 26.9 Å². The van der Waals surface area contributed by atoms with Gasteiger partial charge in [-0.2, -0.15) is 0 Å². The Bertz CT molecular complexity index is 961. The third kappa shape index (κ3) is 6.47. The molecule has 0 N–H and O–H groups in total. The number of halogens is 1. The molecule has 0 aromatic heterocycles. The van der Waals surface area contributed by atoms with Gasteiger partial charge >= 0.3 is 0 Å². The molecule has 0 saturated carbocycles. The molecule has 0 aliphatic carbocycles. The van der Waals surface area contributed by atoms with Crippen LogP contribution in [0.2, 0.25) is 0 Å². The summed E-state index contributed by atoms with van der Waals surface area (Å²) in [6, 6.07) is 13.6. The molecule has 6 nitrogen and oxygen atoms in total. The maximum absolute atomic E-state index is 12.6. The van der Waals surface area contributed by atoms with Crippen LogP contribution in [-0.2, 0) is 16.1 Å². The van der Waals surface area contributed by atoms with Crippen LogP contribution in [0, 0.1) is 3.57 Å². The van der Waals surface area contributed by atoms with Gasteiger partial charge in [0.1, 0.15) is 6.61 Å². The maximum Gasteiger partial charge on any atom is 0.293 e. The average molecular weight is 553 g/mol. The van der Waals surface area contributed by atoms with E-state index in [1.807, 2.05) is 49.4 Å². The first-order valence-electron chi connectivity index (χ1n) is 9.90. The standard InChI is InChI=1S/C23H24INO5S/c1-3-29-20-13-17(7-10-19(20)30-15-16-5-8-18(24)9-6-16)14-21-22(26)25(23(27)31-21)11-4-12-28-2/h5-10,13-14H,3-4,11-12,15H2,1-2H3/b21-14+. The van der Waals surface area contributed by atoms with E-state index in [9.17, 15) is 9.59 Å². The molecule has 1 heterocycles. The van der Waals surface area contributed by atoms with Crippen LogP contribution < -0.4 is 9.47 Å². The molecule has 1 saturated heterocycles. The lowest BCUT2D eigenvalue weighted by atomic mass is 10.1. The van der Waals surface area contributed by atoms with Crippen LogP contribution in [0.1, 0.15) is 24.5 Å². The summed E-state index contributed by atoms with van der Waals surface area (Å²) in [5.74, 6) is 0.953. The Morgan fingerprint density at radius 3 is 2.55 bits per heavy atom. The van der Waals surface area contributed by atoms with Crippen molar-refractivity contribution in [3.8, 4) is 11.5 Å². The number of hydrogen-bond acceptors (Lipinski definition) is 6. The first-order valence-corrected chi connectivity index (χ1v) is 11.8. The van der Waals surface area contributed by atoms with Crippen LogP contribution in [0.25, 0.3) is 6.08 Å². The van der Waals surface area contributed by atoms with Gasteiger partial charge in [-0.3, -0.25) is 14.5 Å². The summed E-state index contributed by atoms with van der Waals surface area (Å²) < 4.78 is 17.9. The van der Waals surface area contributed by atoms with Crippen LogP contribution >= 0.6 is 34.4 Å². The topological polar surface area (TPSA) is 65.1 Å². The number of nitrogens with zero attached hydrogens (tertiary/aromatic N) is 1. The SMILES string of the molecule is CCOc1cc(/C=C2/SC(=O)N(CCCOC)C2=O)ccc1OCc1ccc(I)cc1. The highest BCUT2D eigenvalue weighted by Crippen LogP contribution is 2.35. The molecule has 1 aliphatic rings. The molecule has 31 heavy (non-hydrogen) atoms. The minimum absolute atomic E-state index is 0.255. The second kappa shape index (κ2) is 11.5. The van der Waals surface area contributed by atoms with Gasteiger partial charge in [0.15, 0.2) is 11.5 Å².